The van der Waals surface area contributed by atoms with Crippen molar-refractivity contribution in [2.45, 2.75) is 25.9 Å². The zero-order valence-corrected chi connectivity index (χ0v) is 8.29. The van der Waals surface area contributed by atoms with Gasteiger partial charge >= 0.3 is 11.9 Å². The van der Waals surface area contributed by atoms with Crippen LogP contribution in [0.15, 0.2) is 0 Å². The van der Waals surface area contributed by atoms with Crippen LogP contribution in [0.25, 0.3) is 0 Å². The van der Waals surface area contributed by atoms with Gasteiger partial charge in [0.2, 0.25) is 0 Å². The number of carbonyl (C=O) groups excluding carboxylic acids is 2. The third-order valence-corrected chi connectivity index (χ3v) is 1.61. The van der Waals surface area contributed by atoms with E-state index in [1.807, 2.05) is 0 Å². The fraction of sp³-hybridized carbons (Fsp3) is 0.750. The monoisotopic (exact) mass is 189 g/mol. The lowest BCUT2D eigenvalue weighted by molar-refractivity contribution is -0.145. The summed E-state index contributed by atoms with van der Waals surface area (Å²) in [5, 5.41) is 2.73. The van der Waals surface area contributed by atoms with E-state index < -0.39 is 24.0 Å². The highest BCUT2D eigenvalue weighted by molar-refractivity contribution is 5.78. The number of hydrogen-bond acceptors (Lipinski definition) is 5. The van der Waals surface area contributed by atoms with E-state index in [1.165, 1.54) is 14.2 Å². The summed E-state index contributed by atoms with van der Waals surface area (Å²) in [5.74, 6) is -0.813. The van der Waals surface area contributed by atoms with Crippen molar-refractivity contribution in [2.75, 3.05) is 14.2 Å². The molecule has 0 rings (SSSR count). The van der Waals surface area contributed by atoms with Crippen LogP contribution in [0.3, 0.4) is 0 Å². The van der Waals surface area contributed by atoms with Crippen LogP contribution in [0.5, 0.6) is 0 Å². The highest BCUT2D eigenvalue weighted by Gasteiger charge is 2.20. The summed E-state index contributed by atoms with van der Waals surface area (Å²) in [7, 11) is 2.59. The Kier molecular flexibility index (Phi) is 5.06. The molecule has 0 aromatic heterocycles. The molecule has 0 amide bonds. The summed E-state index contributed by atoms with van der Waals surface area (Å²) in [6.45, 7) is 3.23. The second-order valence-corrected chi connectivity index (χ2v) is 2.66. The Morgan fingerprint density at radius 3 is 1.54 bits per heavy atom. The van der Waals surface area contributed by atoms with Gasteiger partial charge in [-0.05, 0) is 13.8 Å². The Morgan fingerprint density at radius 1 is 1.00 bits per heavy atom. The molecule has 76 valence electrons. The quantitative estimate of drug-likeness (QED) is 0.615. The van der Waals surface area contributed by atoms with Crippen molar-refractivity contribution < 1.29 is 19.1 Å². The van der Waals surface area contributed by atoms with Crippen LogP contribution in [-0.2, 0) is 19.1 Å². The van der Waals surface area contributed by atoms with E-state index in [1.54, 1.807) is 13.8 Å². The highest BCUT2D eigenvalue weighted by Crippen LogP contribution is 1.92. The summed E-state index contributed by atoms with van der Waals surface area (Å²) < 4.78 is 8.95. The van der Waals surface area contributed by atoms with Gasteiger partial charge in [-0.25, -0.2) is 0 Å². The maximum Gasteiger partial charge on any atom is 0.322 e. The normalized spacial score (nSPS) is 14.5. The topological polar surface area (TPSA) is 64.6 Å². The second kappa shape index (κ2) is 5.53. The molecule has 0 aliphatic carbocycles. The summed E-state index contributed by atoms with van der Waals surface area (Å²) in [6.07, 6.45) is 0. The Labute approximate surface area is 77.4 Å². The maximum absolute atomic E-state index is 10.9. The van der Waals surface area contributed by atoms with Crippen molar-refractivity contribution in [3.8, 4) is 0 Å². The zero-order valence-electron chi connectivity index (χ0n) is 8.29. The molecule has 0 radical (unpaired) electrons. The third-order valence-electron chi connectivity index (χ3n) is 1.61. The number of methoxy groups -OCH3 is 2. The van der Waals surface area contributed by atoms with Crippen LogP contribution in [-0.4, -0.2) is 38.2 Å². The number of esters is 2. The molecule has 0 saturated carbocycles. The van der Waals surface area contributed by atoms with Gasteiger partial charge in [0.1, 0.15) is 12.1 Å². The van der Waals surface area contributed by atoms with Crippen LogP contribution < -0.4 is 5.32 Å². The Morgan fingerprint density at radius 2 is 1.31 bits per heavy atom. The van der Waals surface area contributed by atoms with E-state index in [2.05, 4.69) is 14.8 Å². The predicted molar refractivity (Wildman–Crippen MR) is 46.1 cm³/mol. The fourth-order valence-electron chi connectivity index (χ4n) is 0.865. The lowest BCUT2D eigenvalue weighted by Crippen LogP contribution is -2.44. The van der Waals surface area contributed by atoms with E-state index in [9.17, 15) is 9.59 Å². The molecular formula is C8H15NO4. The summed E-state index contributed by atoms with van der Waals surface area (Å²) >= 11 is 0. The lowest BCUT2D eigenvalue weighted by Gasteiger charge is -2.15. The van der Waals surface area contributed by atoms with Crippen molar-refractivity contribution in [1.82, 2.24) is 5.32 Å². The maximum atomic E-state index is 10.9. The van der Waals surface area contributed by atoms with Crippen molar-refractivity contribution in [3.63, 3.8) is 0 Å². The Hall–Kier alpha value is -1.10. The van der Waals surface area contributed by atoms with Crippen molar-refractivity contribution >= 4 is 11.9 Å². The lowest BCUT2D eigenvalue weighted by atomic mass is 10.2. The van der Waals surface area contributed by atoms with E-state index in [-0.39, 0.29) is 0 Å². The largest absolute Gasteiger partial charge is 0.468 e. The molecule has 0 saturated heterocycles. The van der Waals surface area contributed by atoms with Crippen LogP contribution >= 0.6 is 0 Å². The molecule has 0 fully saturated rings. The van der Waals surface area contributed by atoms with Crippen LogP contribution in [0.2, 0.25) is 0 Å². The van der Waals surface area contributed by atoms with Gasteiger partial charge in [0, 0.05) is 0 Å². The molecule has 5 heteroatoms. The Balaban J connectivity index is 3.98. The molecule has 0 aliphatic rings. The molecule has 0 aromatic carbocycles. The molecule has 13 heavy (non-hydrogen) atoms. The van der Waals surface area contributed by atoms with E-state index in [0.717, 1.165) is 0 Å². The summed E-state index contributed by atoms with van der Waals surface area (Å²) in [4.78, 5) is 21.8. The summed E-state index contributed by atoms with van der Waals surface area (Å²) in [6, 6.07) is -1.03. The number of carbonyl (C=O) groups is 2. The van der Waals surface area contributed by atoms with E-state index >= 15 is 0 Å². The van der Waals surface area contributed by atoms with Gasteiger partial charge in [0.25, 0.3) is 0 Å². The molecule has 0 aromatic rings. The molecule has 0 heterocycles. The van der Waals surface area contributed by atoms with Crippen molar-refractivity contribution in [3.05, 3.63) is 0 Å². The van der Waals surface area contributed by atoms with Gasteiger partial charge in [0.15, 0.2) is 0 Å². The average molecular weight is 189 g/mol. The first-order chi connectivity index (χ1) is 6.02. The number of hydrogen-bond donors (Lipinski definition) is 1. The smallest absolute Gasteiger partial charge is 0.322 e. The molecule has 0 bridgehead atoms. The minimum absolute atomic E-state index is 0.407. The second-order valence-electron chi connectivity index (χ2n) is 2.66. The van der Waals surface area contributed by atoms with Gasteiger partial charge in [-0.1, -0.05) is 0 Å². The third kappa shape index (κ3) is 3.89. The fourth-order valence-corrected chi connectivity index (χ4v) is 0.865. The minimum atomic E-state index is -0.515. The van der Waals surface area contributed by atoms with E-state index in [0.29, 0.717) is 0 Å². The number of rotatable bonds is 4. The van der Waals surface area contributed by atoms with Gasteiger partial charge < -0.3 is 9.47 Å². The van der Waals surface area contributed by atoms with Crippen LogP contribution in [0.1, 0.15) is 13.8 Å². The first kappa shape index (κ1) is 11.9. The van der Waals surface area contributed by atoms with Gasteiger partial charge in [0.05, 0.1) is 14.2 Å². The highest BCUT2D eigenvalue weighted by atomic mass is 16.5. The van der Waals surface area contributed by atoms with Crippen LogP contribution in [0, 0.1) is 0 Å². The Bertz CT molecular complexity index is 173. The van der Waals surface area contributed by atoms with E-state index in [4.69, 9.17) is 0 Å². The predicted octanol–water partition coefficient (Wildman–Crippen LogP) is -0.301. The SMILES string of the molecule is COC(=O)C(C)NC(C)C(=O)OC. The number of nitrogens with one attached hydrogen (secondary N) is 1. The standard InChI is InChI=1S/C8H15NO4/c1-5(7(10)12-3)9-6(2)8(11)13-4/h5-6,9H,1-4H3. The average Bonchev–Trinajstić information content (AvgIpc) is 2.14. The zero-order chi connectivity index (χ0) is 10.4. The first-order valence-electron chi connectivity index (χ1n) is 3.94. The van der Waals surface area contributed by atoms with Gasteiger partial charge in [-0.3, -0.25) is 14.9 Å². The van der Waals surface area contributed by atoms with Crippen molar-refractivity contribution in [1.29, 1.82) is 0 Å². The van der Waals surface area contributed by atoms with Gasteiger partial charge in [-0.15, -0.1) is 0 Å². The molecule has 5 nitrogen and oxygen atoms in total. The molecular weight excluding hydrogens is 174 g/mol. The molecule has 2 atom stereocenters. The molecule has 2 unspecified atom stereocenters. The van der Waals surface area contributed by atoms with Crippen molar-refractivity contribution in [2.24, 2.45) is 0 Å². The molecule has 0 aliphatic heterocycles. The number of ether oxygens (including phenoxy) is 2. The minimum Gasteiger partial charge on any atom is -0.468 e. The summed E-state index contributed by atoms with van der Waals surface area (Å²) in [5.41, 5.74) is 0. The molecule has 1 N–H and O–H groups in total. The molecule has 0 spiro atoms. The van der Waals surface area contributed by atoms with Gasteiger partial charge in [-0.2, -0.15) is 0 Å². The van der Waals surface area contributed by atoms with Crippen LogP contribution in [0.4, 0.5) is 0 Å². The first-order valence-corrected chi connectivity index (χ1v) is 3.94.